The van der Waals surface area contributed by atoms with E-state index in [0.29, 0.717) is 0 Å². The van der Waals surface area contributed by atoms with Crippen LogP contribution in [0.1, 0.15) is 29.1 Å². The van der Waals surface area contributed by atoms with Crippen molar-refractivity contribution in [2.45, 2.75) is 59.3 Å². The van der Waals surface area contributed by atoms with E-state index < -0.39 is 8.07 Å². The van der Waals surface area contributed by atoms with Crippen molar-refractivity contribution in [2.24, 2.45) is 0 Å². The quantitative estimate of drug-likeness (QED) is 0.590. The first kappa shape index (κ1) is 16.0. The van der Waals surface area contributed by atoms with Gasteiger partial charge in [-0.25, -0.2) is 0 Å². The third-order valence-corrected chi connectivity index (χ3v) is 4.95. The number of hydrogen-bond acceptors (Lipinski definition) is 2. The van der Waals surface area contributed by atoms with Gasteiger partial charge in [0.05, 0.1) is 0 Å². The van der Waals surface area contributed by atoms with Crippen LogP contribution in [0.3, 0.4) is 0 Å². The first-order valence-electron chi connectivity index (χ1n) is 6.88. The second-order valence-electron chi connectivity index (χ2n) is 6.65. The van der Waals surface area contributed by atoms with Gasteiger partial charge in [-0.2, -0.15) is 0 Å². The van der Waals surface area contributed by atoms with Gasteiger partial charge in [0.15, 0.2) is 5.43 Å². The van der Waals surface area contributed by atoms with E-state index in [9.17, 15) is 4.79 Å². The molecule has 0 aromatic carbocycles. The molecular weight excluding hydrogens is 252 g/mol. The number of rotatable bonds is 5. The summed E-state index contributed by atoms with van der Waals surface area (Å²) in [4.78, 5) is 12.0. The molecule has 0 unspecified atom stereocenters. The van der Waals surface area contributed by atoms with Crippen LogP contribution >= 0.6 is 0 Å². The molecule has 0 aliphatic heterocycles. The summed E-state index contributed by atoms with van der Waals surface area (Å²) in [6, 6.07) is 1.14. The molecule has 1 aromatic rings. The summed E-state index contributed by atoms with van der Waals surface area (Å²) in [6.45, 7) is 16.7. The highest BCUT2D eigenvalue weighted by atomic mass is 28.3. The summed E-state index contributed by atoms with van der Waals surface area (Å²) < 4.78 is 5.77. The molecule has 0 bridgehead atoms. The maximum absolute atomic E-state index is 12.0. The lowest BCUT2D eigenvalue weighted by Crippen LogP contribution is -2.20. The van der Waals surface area contributed by atoms with Gasteiger partial charge in [-0.15, -0.1) is 6.58 Å². The Bertz CT molecular complexity index is 533. The second kappa shape index (κ2) is 5.91. The largest absolute Gasteiger partial charge is 0.466 e. The summed E-state index contributed by atoms with van der Waals surface area (Å²) in [5, 5.41) is 0. The Morgan fingerprint density at radius 3 is 2.26 bits per heavy atom. The topological polar surface area (TPSA) is 30.2 Å². The maximum atomic E-state index is 12.0. The summed E-state index contributed by atoms with van der Waals surface area (Å²) in [6.07, 6.45) is 1.70. The predicted molar refractivity (Wildman–Crippen MR) is 84.8 cm³/mol. The molecule has 0 N–H and O–H groups in total. The van der Waals surface area contributed by atoms with Crippen molar-refractivity contribution in [1.82, 2.24) is 0 Å². The second-order valence-corrected chi connectivity index (χ2v) is 12.1. The number of allylic oxidation sites excluding steroid dienone is 1. The average molecular weight is 278 g/mol. The van der Waals surface area contributed by atoms with Crippen molar-refractivity contribution in [2.75, 3.05) is 0 Å². The smallest absolute Gasteiger partial charge is 0.191 e. The molecule has 0 spiro atoms. The Morgan fingerprint density at radius 1 is 1.16 bits per heavy atom. The third-order valence-electron chi connectivity index (χ3n) is 3.39. The van der Waals surface area contributed by atoms with Crippen molar-refractivity contribution >= 4 is 8.07 Å². The first-order valence-corrected chi connectivity index (χ1v) is 10.6. The van der Waals surface area contributed by atoms with E-state index in [0.717, 1.165) is 41.5 Å². The number of hydrogen-bond donors (Lipinski definition) is 0. The normalized spacial score (nSPS) is 11.7. The van der Waals surface area contributed by atoms with Crippen LogP contribution in [0, 0.1) is 20.8 Å². The molecule has 1 rings (SSSR count). The fraction of sp³-hybridized carbons (Fsp3) is 0.562. The molecule has 3 heteroatoms. The van der Waals surface area contributed by atoms with E-state index in [1.54, 1.807) is 0 Å². The monoisotopic (exact) mass is 278 g/mol. The Kier molecular flexibility index (Phi) is 4.96. The van der Waals surface area contributed by atoms with Crippen LogP contribution in [0.2, 0.25) is 25.7 Å². The molecule has 0 fully saturated rings. The zero-order valence-electron chi connectivity index (χ0n) is 13.1. The van der Waals surface area contributed by atoms with Crippen LogP contribution in [0.15, 0.2) is 21.4 Å². The average Bonchev–Trinajstić information content (AvgIpc) is 2.27. The zero-order valence-corrected chi connectivity index (χ0v) is 14.1. The number of aryl methyl sites for hydroxylation is 2. The van der Waals surface area contributed by atoms with Crippen molar-refractivity contribution in [3.8, 4) is 0 Å². The minimum atomic E-state index is -1.09. The fourth-order valence-corrected chi connectivity index (χ4v) is 3.95. The molecule has 0 radical (unpaired) electrons. The van der Waals surface area contributed by atoms with Gasteiger partial charge in [-0.3, -0.25) is 4.79 Å². The standard InChI is InChI=1S/C16H26O2Si/c1-11(10-19(5,6)7)8-9-15-13(3)16(17)12(2)14(4)18-15/h1,8-10H2,2-7H3. The van der Waals surface area contributed by atoms with Gasteiger partial charge in [0.2, 0.25) is 0 Å². The van der Waals surface area contributed by atoms with Crippen molar-refractivity contribution in [1.29, 1.82) is 0 Å². The van der Waals surface area contributed by atoms with Crippen LogP contribution < -0.4 is 5.43 Å². The van der Waals surface area contributed by atoms with Gasteiger partial charge in [0, 0.05) is 25.6 Å². The lowest BCUT2D eigenvalue weighted by atomic mass is 10.1. The molecule has 0 atom stereocenters. The van der Waals surface area contributed by atoms with E-state index in [1.807, 2.05) is 20.8 Å². The lowest BCUT2D eigenvalue weighted by Gasteiger charge is -2.17. The highest BCUT2D eigenvalue weighted by molar-refractivity contribution is 6.76. The van der Waals surface area contributed by atoms with Gasteiger partial charge < -0.3 is 4.42 Å². The molecule has 0 saturated heterocycles. The summed E-state index contributed by atoms with van der Waals surface area (Å²) in [5.74, 6) is 1.56. The Hall–Kier alpha value is -1.09. The van der Waals surface area contributed by atoms with Crippen LogP contribution in [0.5, 0.6) is 0 Å². The van der Waals surface area contributed by atoms with E-state index in [1.165, 1.54) is 5.57 Å². The summed E-state index contributed by atoms with van der Waals surface area (Å²) in [7, 11) is -1.09. The first-order chi connectivity index (χ1) is 8.61. The maximum Gasteiger partial charge on any atom is 0.191 e. The Balaban J connectivity index is 2.80. The SMILES string of the molecule is C=C(CCc1oc(C)c(C)c(=O)c1C)C[Si](C)(C)C. The minimum absolute atomic E-state index is 0.120. The molecule has 2 nitrogen and oxygen atoms in total. The van der Waals surface area contributed by atoms with E-state index in [-0.39, 0.29) is 5.43 Å². The Labute approximate surface area is 117 Å². The van der Waals surface area contributed by atoms with Gasteiger partial charge in [-0.05, 0) is 33.2 Å². The molecule has 0 aliphatic rings. The summed E-state index contributed by atoms with van der Waals surface area (Å²) >= 11 is 0. The molecule has 106 valence electrons. The fourth-order valence-electron chi connectivity index (χ4n) is 2.27. The zero-order chi connectivity index (χ0) is 14.8. The minimum Gasteiger partial charge on any atom is -0.466 e. The van der Waals surface area contributed by atoms with Crippen LogP contribution in [0.4, 0.5) is 0 Å². The molecule has 1 heterocycles. The predicted octanol–water partition coefficient (Wildman–Crippen LogP) is 4.39. The van der Waals surface area contributed by atoms with Crippen molar-refractivity contribution < 1.29 is 4.42 Å². The highest BCUT2D eigenvalue weighted by Gasteiger charge is 2.16. The van der Waals surface area contributed by atoms with Gasteiger partial charge in [0.1, 0.15) is 11.5 Å². The molecule has 19 heavy (non-hydrogen) atoms. The Morgan fingerprint density at radius 2 is 1.74 bits per heavy atom. The molecule has 1 aromatic heterocycles. The van der Waals surface area contributed by atoms with E-state index in [2.05, 4.69) is 26.2 Å². The van der Waals surface area contributed by atoms with Gasteiger partial charge in [-0.1, -0.05) is 25.2 Å². The lowest BCUT2D eigenvalue weighted by molar-refractivity contribution is 0.453. The molecule has 0 saturated carbocycles. The van der Waals surface area contributed by atoms with Crippen LogP contribution in [-0.2, 0) is 6.42 Å². The van der Waals surface area contributed by atoms with Gasteiger partial charge in [0.25, 0.3) is 0 Å². The van der Waals surface area contributed by atoms with Crippen molar-refractivity contribution in [3.63, 3.8) is 0 Å². The molecule has 0 amide bonds. The van der Waals surface area contributed by atoms with Crippen LogP contribution in [0.25, 0.3) is 0 Å². The van der Waals surface area contributed by atoms with Crippen molar-refractivity contribution in [3.05, 3.63) is 45.0 Å². The molecule has 0 aliphatic carbocycles. The van der Waals surface area contributed by atoms with E-state index >= 15 is 0 Å². The highest BCUT2D eigenvalue weighted by Crippen LogP contribution is 2.20. The third kappa shape index (κ3) is 4.50. The van der Waals surface area contributed by atoms with Crippen LogP contribution in [-0.4, -0.2) is 8.07 Å². The van der Waals surface area contributed by atoms with E-state index in [4.69, 9.17) is 4.42 Å². The summed E-state index contributed by atoms with van der Waals surface area (Å²) in [5.41, 5.74) is 2.88. The van der Waals surface area contributed by atoms with Gasteiger partial charge >= 0.3 is 0 Å². The molecular formula is C16H26O2Si.